The summed E-state index contributed by atoms with van der Waals surface area (Å²) in [6.07, 6.45) is 4.24. The third-order valence-electron chi connectivity index (χ3n) is 4.74. The first-order valence-electron chi connectivity index (χ1n) is 12.5. The average molecular weight is 577 g/mol. The molecule has 1 atom stereocenters. The maximum atomic E-state index is 12.3. The van der Waals surface area contributed by atoms with Crippen LogP contribution >= 0.6 is 23.2 Å². The fourth-order valence-corrected chi connectivity index (χ4v) is 3.46. The number of nitrogens with one attached hydrogen (secondary N) is 2. The van der Waals surface area contributed by atoms with Crippen molar-refractivity contribution in [2.75, 3.05) is 17.7 Å². The molecule has 2 aromatic rings. The number of aryl methyl sites for hydroxylation is 2. The summed E-state index contributed by atoms with van der Waals surface area (Å²) in [7, 11) is 1.34. The van der Waals surface area contributed by atoms with Crippen molar-refractivity contribution < 1.29 is 19.1 Å². The molecular weight excluding hydrogens is 537 g/mol. The van der Waals surface area contributed by atoms with Gasteiger partial charge in [0.05, 0.1) is 17.7 Å². The smallest absolute Gasteiger partial charge is 0.412 e. The van der Waals surface area contributed by atoms with E-state index in [1.54, 1.807) is 44.2 Å². The molecule has 2 aromatic carbocycles. The minimum Gasteiger partial charge on any atom is -0.465 e. The second-order valence-corrected chi connectivity index (χ2v) is 10.5. The minimum absolute atomic E-state index is 0.396. The van der Waals surface area contributed by atoms with Gasteiger partial charge in [0.2, 0.25) is 0 Å². The van der Waals surface area contributed by atoms with E-state index in [4.69, 9.17) is 32.7 Å². The Hall–Kier alpha value is -3.29. The fourth-order valence-electron chi connectivity index (χ4n) is 3.26. The Balaban J connectivity index is 0.00000242. The molecule has 212 valence electrons. The summed E-state index contributed by atoms with van der Waals surface area (Å²) >= 11 is 12.3. The van der Waals surface area contributed by atoms with Crippen LogP contribution in [0.25, 0.3) is 0 Å². The molecule has 9 heteroatoms. The topological polar surface area (TPSA) is 89.0 Å². The molecule has 0 heterocycles. The van der Waals surface area contributed by atoms with Crippen LogP contribution in [0.4, 0.5) is 16.2 Å². The van der Waals surface area contributed by atoms with Gasteiger partial charge in [-0.25, -0.2) is 14.6 Å². The number of esters is 1. The summed E-state index contributed by atoms with van der Waals surface area (Å²) in [5.41, 5.74) is 2.51. The van der Waals surface area contributed by atoms with Crippen molar-refractivity contribution in [1.29, 1.82) is 0 Å². The largest absolute Gasteiger partial charge is 0.465 e. The molecule has 7 nitrogen and oxygen atoms in total. The molecule has 0 radical (unpaired) electrons. The maximum Gasteiger partial charge on any atom is 0.412 e. The van der Waals surface area contributed by atoms with Gasteiger partial charge in [-0.05, 0) is 95.8 Å². The predicted octanol–water partition coefficient (Wildman–Crippen LogP) is 8.34. The van der Waals surface area contributed by atoms with E-state index >= 15 is 0 Å². The maximum absolute atomic E-state index is 12.3. The Kier molecular flexibility index (Phi) is 14.4. The number of methoxy groups -OCH3 is 1. The number of halogens is 2. The summed E-state index contributed by atoms with van der Waals surface area (Å²) in [6, 6.07) is 12.9. The molecule has 0 aliphatic heterocycles. The summed E-state index contributed by atoms with van der Waals surface area (Å²) < 4.78 is 10.2. The van der Waals surface area contributed by atoms with Crippen LogP contribution in [0, 0.1) is 0 Å². The van der Waals surface area contributed by atoms with E-state index in [9.17, 15) is 9.59 Å². The van der Waals surface area contributed by atoms with E-state index in [0.29, 0.717) is 40.6 Å². The number of carbonyl (C=O) groups excluding carboxylic acids is 2. The van der Waals surface area contributed by atoms with Crippen LogP contribution in [0.15, 0.2) is 71.2 Å². The Labute approximate surface area is 242 Å². The quantitative estimate of drug-likeness (QED) is 0.0824. The van der Waals surface area contributed by atoms with Crippen molar-refractivity contribution in [2.24, 2.45) is 4.99 Å². The van der Waals surface area contributed by atoms with Crippen molar-refractivity contribution in [1.82, 2.24) is 0 Å². The number of ether oxygens (including phenoxy) is 2. The van der Waals surface area contributed by atoms with Crippen LogP contribution in [0.2, 0.25) is 0 Å². The Morgan fingerprint density at radius 1 is 1.05 bits per heavy atom. The van der Waals surface area contributed by atoms with Gasteiger partial charge in [0.15, 0.2) is 0 Å². The standard InChI is InChI=1S/C27H33Cl2N3O4.C3H6/c1-7-23(29)24(30-17(2)28)31-22-15-19(13-20(16-22)25(33)35-6)12-11-18-9-8-10-21(14-18)32-26(34)36-27(3,4)5;1-3-2/h7-10,13-17H,11-12H2,1-6H3,(H,30,31)(H,32,34);3H,1H2,2H3/b23-7+;. The van der Waals surface area contributed by atoms with Crippen molar-refractivity contribution in [3.05, 3.63) is 82.9 Å². The Bertz CT molecular complexity index is 1180. The highest BCUT2D eigenvalue weighted by Gasteiger charge is 2.16. The lowest BCUT2D eigenvalue weighted by Crippen LogP contribution is -2.27. The van der Waals surface area contributed by atoms with Gasteiger partial charge in [0.25, 0.3) is 0 Å². The number of alkyl halides is 1. The zero-order valence-electron chi connectivity index (χ0n) is 23.7. The van der Waals surface area contributed by atoms with Crippen LogP contribution < -0.4 is 10.6 Å². The van der Waals surface area contributed by atoms with Crippen LogP contribution in [0.3, 0.4) is 0 Å². The number of hydrogen-bond acceptors (Lipinski definition) is 5. The lowest BCUT2D eigenvalue weighted by Gasteiger charge is -2.19. The molecule has 0 spiro atoms. The number of benzene rings is 2. The highest BCUT2D eigenvalue weighted by Crippen LogP contribution is 2.21. The zero-order valence-corrected chi connectivity index (χ0v) is 25.2. The molecule has 1 unspecified atom stereocenters. The number of anilines is 2. The molecule has 0 saturated carbocycles. The SMILES string of the molecule is C/C=C(Cl)\C(=N/C(C)Cl)Nc1cc(CCc2cccc(NC(=O)OC(C)(C)C)c2)cc(C(=O)OC)c1.C=CC. The molecule has 2 N–H and O–H groups in total. The van der Waals surface area contributed by atoms with E-state index in [1.807, 2.05) is 52.0 Å². The molecule has 0 aromatic heterocycles. The van der Waals surface area contributed by atoms with Crippen molar-refractivity contribution in [3.63, 3.8) is 0 Å². The third-order valence-corrected chi connectivity index (χ3v) is 5.23. The lowest BCUT2D eigenvalue weighted by molar-refractivity contribution is 0.0598. The molecule has 2 rings (SSSR count). The van der Waals surface area contributed by atoms with Gasteiger partial charge in [-0.15, -0.1) is 6.58 Å². The molecule has 1 amide bonds. The van der Waals surface area contributed by atoms with Crippen molar-refractivity contribution >= 4 is 52.5 Å². The first kappa shape index (κ1) is 33.7. The summed E-state index contributed by atoms with van der Waals surface area (Å²) in [5.74, 6) is -0.0552. The van der Waals surface area contributed by atoms with Gasteiger partial charge >= 0.3 is 12.1 Å². The first-order chi connectivity index (χ1) is 18.3. The molecular formula is C30H39Cl2N3O4. The second kappa shape index (κ2) is 16.6. The Morgan fingerprint density at radius 3 is 2.23 bits per heavy atom. The fraction of sp³-hybridized carbons (Fsp3) is 0.367. The molecule has 0 aliphatic rings. The highest BCUT2D eigenvalue weighted by molar-refractivity contribution is 6.45. The van der Waals surface area contributed by atoms with Gasteiger partial charge in [-0.3, -0.25) is 5.32 Å². The minimum atomic E-state index is -0.582. The van der Waals surface area contributed by atoms with Crippen LogP contribution in [-0.4, -0.2) is 36.1 Å². The van der Waals surface area contributed by atoms with E-state index in [-0.39, 0.29) is 0 Å². The second-order valence-electron chi connectivity index (χ2n) is 9.46. The zero-order chi connectivity index (χ0) is 29.6. The molecule has 0 bridgehead atoms. The summed E-state index contributed by atoms with van der Waals surface area (Å²) in [6.45, 7) is 14.2. The normalized spacial score (nSPS) is 12.4. The summed E-state index contributed by atoms with van der Waals surface area (Å²) in [5, 5.41) is 6.33. The lowest BCUT2D eigenvalue weighted by atomic mass is 10.0. The van der Waals surface area contributed by atoms with Gasteiger partial charge in [-0.1, -0.05) is 47.5 Å². The number of rotatable bonds is 8. The number of allylic oxidation sites excluding steroid dienone is 2. The summed E-state index contributed by atoms with van der Waals surface area (Å²) in [4.78, 5) is 28.7. The third kappa shape index (κ3) is 13.4. The van der Waals surface area contributed by atoms with Gasteiger partial charge in [-0.2, -0.15) is 0 Å². The average Bonchev–Trinajstić information content (AvgIpc) is 2.85. The molecule has 39 heavy (non-hydrogen) atoms. The van der Waals surface area contributed by atoms with Crippen LogP contribution in [-0.2, 0) is 22.3 Å². The molecule has 0 saturated heterocycles. The Morgan fingerprint density at radius 2 is 1.67 bits per heavy atom. The molecule has 0 aliphatic carbocycles. The predicted molar refractivity (Wildman–Crippen MR) is 163 cm³/mol. The number of amides is 1. The number of nitrogens with zero attached hydrogens (tertiary/aromatic N) is 1. The van der Waals surface area contributed by atoms with Gasteiger partial charge < -0.3 is 14.8 Å². The first-order valence-corrected chi connectivity index (χ1v) is 13.3. The number of carbonyl (C=O) groups is 2. The van der Waals surface area contributed by atoms with E-state index in [0.717, 1.165) is 11.1 Å². The van der Waals surface area contributed by atoms with Crippen LogP contribution in [0.1, 0.15) is 63.0 Å². The van der Waals surface area contributed by atoms with Crippen LogP contribution in [0.5, 0.6) is 0 Å². The van der Waals surface area contributed by atoms with E-state index < -0.39 is 23.2 Å². The number of aliphatic imine (C=N–C) groups is 1. The van der Waals surface area contributed by atoms with Crippen molar-refractivity contribution in [3.8, 4) is 0 Å². The monoisotopic (exact) mass is 575 g/mol. The molecule has 0 fully saturated rings. The van der Waals surface area contributed by atoms with E-state index in [1.165, 1.54) is 7.11 Å². The highest BCUT2D eigenvalue weighted by atomic mass is 35.5. The van der Waals surface area contributed by atoms with Gasteiger partial charge in [0.1, 0.15) is 16.9 Å². The van der Waals surface area contributed by atoms with Crippen molar-refractivity contribution in [2.45, 2.75) is 65.5 Å². The van der Waals surface area contributed by atoms with Gasteiger partial charge in [0, 0.05) is 11.4 Å². The number of hydrogen-bond donors (Lipinski definition) is 2. The number of amidine groups is 1. The van der Waals surface area contributed by atoms with E-state index in [2.05, 4.69) is 22.2 Å².